The number of rotatable bonds is 1. The van der Waals surface area contributed by atoms with Gasteiger partial charge in [-0.05, 0) is 26.0 Å². The minimum absolute atomic E-state index is 0.102. The van der Waals surface area contributed by atoms with Gasteiger partial charge in [0.2, 0.25) is 0 Å². The molecule has 0 radical (unpaired) electrons. The zero-order valence-corrected chi connectivity index (χ0v) is 9.10. The van der Waals surface area contributed by atoms with E-state index in [0.717, 1.165) is 5.56 Å². The number of carbonyl (C=O) groups excluding carboxylic acids is 1. The van der Waals surface area contributed by atoms with Crippen molar-refractivity contribution in [2.45, 2.75) is 19.4 Å². The molecule has 0 fully saturated rings. The summed E-state index contributed by atoms with van der Waals surface area (Å²) in [5.41, 5.74) is 0.599. The van der Waals surface area contributed by atoms with Crippen molar-refractivity contribution in [1.29, 1.82) is 0 Å². The molecule has 0 saturated heterocycles. The van der Waals surface area contributed by atoms with Crippen molar-refractivity contribution in [3.05, 3.63) is 48.0 Å². The molecule has 2 nitrogen and oxygen atoms in total. The molecule has 2 heteroatoms. The second-order valence-electron chi connectivity index (χ2n) is 4.34. The van der Waals surface area contributed by atoms with Gasteiger partial charge in [0.25, 0.3) is 5.91 Å². The third-order valence-corrected chi connectivity index (χ3v) is 2.78. The summed E-state index contributed by atoms with van der Waals surface area (Å²) in [7, 11) is 0. The van der Waals surface area contributed by atoms with E-state index in [4.69, 9.17) is 0 Å². The van der Waals surface area contributed by atoms with Crippen molar-refractivity contribution in [2.75, 3.05) is 6.54 Å². The molecule has 1 aliphatic rings. The average molecular weight is 201 g/mol. The molecule has 1 aliphatic heterocycles. The van der Waals surface area contributed by atoms with Crippen molar-refractivity contribution in [3.63, 3.8) is 0 Å². The molecule has 1 aromatic carbocycles. The predicted molar refractivity (Wildman–Crippen MR) is 60.7 cm³/mol. The Kier molecular flexibility index (Phi) is 2.35. The molecule has 1 heterocycles. The Morgan fingerprint density at radius 1 is 1.27 bits per heavy atom. The normalized spacial score (nSPS) is 18.1. The van der Waals surface area contributed by atoms with Crippen LogP contribution in [-0.2, 0) is 0 Å². The van der Waals surface area contributed by atoms with Gasteiger partial charge in [0.15, 0.2) is 0 Å². The van der Waals surface area contributed by atoms with Crippen LogP contribution >= 0.6 is 0 Å². The summed E-state index contributed by atoms with van der Waals surface area (Å²) in [6.07, 6.45) is 4.12. The highest BCUT2D eigenvalue weighted by molar-refractivity contribution is 5.95. The van der Waals surface area contributed by atoms with Gasteiger partial charge in [-0.25, -0.2) is 0 Å². The fourth-order valence-electron chi connectivity index (χ4n) is 1.85. The maximum atomic E-state index is 12.1. The molecule has 78 valence electrons. The molecule has 0 atom stereocenters. The van der Waals surface area contributed by atoms with E-state index < -0.39 is 0 Å². The predicted octanol–water partition coefficient (Wildman–Crippen LogP) is 2.48. The van der Waals surface area contributed by atoms with E-state index in [1.807, 2.05) is 41.3 Å². The third-order valence-electron chi connectivity index (χ3n) is 2.78. The molecule has 15 heavy (non-hydrogen) atoms. The van der Waals surface area contributed by atoms with E-state index >= 15 is 0 Å². The summed E-state index contributed by atoms with van der Waals surface area (Å²) in [5.74, 6) is 0.102. The summed E-state index contributed by atoms with van der Waals surface area (Å²) in [6.45, 7) is 4.81. The van der Waals surface area contributed by atoms with E-state index in [1.54, 1.807) is 0 Å². The summed E-state index contributed by atoms with van der Waals surface area (Å²) < 4.78 is 0. The highest BCUT2D eigenvalue weighted by atomic mass is 16.2. The van der Waals surface area contributed by atoms with Crippen molar-refractivity contribution < 1.29 is 4.79 Å². The van der Waals surface area contributed by atoms with Gasteiger partial charge >= 0.3 is 0 Å². The summed E-state index contributed by atoms with van der Waals surface area (Å²) in [6, 6.07) is 9.42. The van der Waals surface area contributed by atoms with Crippen LogP contribution in [0.15, 0.2) is 42.5 Å². The number of hydrogen-bond acceptors (Lipinski definition) is 1. The maximum absolute atomic E-state index is 12.1. The molecule has 2 rings (SSSR count). The molecule has 0 spiro atoms. The van der Waals surface area contributed by atoms with Gasteiger partial charge < -0.3 is 4.90 Å². The van der Waals surface area contributed by atoms with E-state index in [1.165, 1.54) is 0 Å². The quantitative estimate of drug-likeness (QED) is 0.639. The molecule has 0 N–H and O–H groups in total. The first kappa shape index (κ1) is 9.97. The minimum Gasteiger partial charge on any atom is -0.326 e. The number of hydrogen-bond donors (Lipinski definition) is 0. The van der Waals surface area contributed by atoms with Crippen LogP contribution in [0.25, 0.3) is 0 Å². The van der Waals surface area contributed by atoms with Gasteiger partial charge in [-0.1, -0.05) is 30.4 Å². The average Bonchev–Trinajstić information content (AvgIpc) is 2.58. The van der Waals surface area contributed by atoms with Crippen LogP contribution in [0.1, 0.15) is 24.2 Å². The number of benzene rings is 1. The number of nitrogens with zero attached hydrogens (tertiary/aromatic N) is 1. The second-order valence-corrected chi connectivity index (χ2v) is 4.34. The Hall–Kier alpha value is -1.57. The molecular formula is C13H15NO. The second kappa shape index (κ2) is 3.54. The van der Waals surface area contributed by atoms with Crippen LogP contribution in [-0.4, -0.2) is 22.9 Å². The maximum Gasteiger partial charge on any atom is 0.254 e. The first-order chi connectivity index (χ1) is 7.11. The fraction of sp³-hybridized carbons (Fsp3) is 0.308. The van der Waals surface area contributed by atoms with Crippen LogP contribution in [0, 0.1) is 0 Å². The van der Waals surface area contributed by atoms with Gasteiger partial charge in [0.1, 0.15) is 0 Å². The Morgan fingerprint density at radius 3 is 2.47 bits per heavy atom. The van der Waals surface area contributed by atoms with Crippen molar-refractivity contribution >= 4 is 5.91 Å². The zero-order valence-electron chi connectivity index (χ0n) is 9.10. The van der Waals surface area contributed by atoms with E-state index in [9.17, 15) is 4.79 Å². The zero-order chi connectivity index (χ0) is 10.9. The highest BCUT2D eigenvalue weighted by Crippen LogP contribution is 2.23. The van der Waals surface area contributed by atoms with Crippen molar-refractivity contribution in [1.82, 2.24) is 4.90 Å². The molecule has 0 aromatic heterocycles. The lowest BCUT2D eigenvalue weighted by Gasteiger charge is -2.31. The largest absolute Gasteiger partial charge is 0.326 e. The first-order valence-electron chi connectivity index (χ1n) is 5.16. The third kappa shape index (κ3) is 1.80. The summed E-state index contributed by atoms with van der Waals surface area (Å²) in [4.78, 5) is 14.0. The lowest BCUT2D eigenvalue weighted by Crippen LogP contribution is -2.43. The van der Waals surface area contributed by atoms with Gasteiger partial charge in [0.05, 0.1) is 5.54 Å². The molecule has 1 amide bonds. The SMILES string of the molecule is CC1(C)C=CCN1C(=O)c1ccccc1. The lowest BCUT2D eigenvalue weighted by molar-refractivity contribution is 0.0681. The Bertz CT molecular complexity index is 392. The smallest absolute Gasteiger partial charge is 0.254 e. The molecule has 0 aliphatic carbocycles. The van der Waals surface area contributed by atoms with Crippen molar-refractivity contribution in [3.8, 4) is 0 Å². The van der Waals surface area contributed by atoms with Crippen LogP contribution in [0.3, 0.4) is 0 Å². The van der Waals surface area contributed by atoms with Gasteiger partial charge in [-0.2, -0.15) is 0 Å². The summed E-state index contributed by atoms with van der Waals surface area (Å²) >= 11 is 0. The van der Waals surface area contributed by atoms with Gasteiger partial charge in [0, 0.05) is 12.1 Å². The lowest BCUT2D eigenvalue weighted by atomic mass is 10.0. The summed E-state index contributed by atoms with van der Waals surface area (Å²) in [5, 5.41) is 0. The number of amides is 1. The van der Waals surface area contributed by atoms with Crippen LogP contribution in [0.2, 0.25) is 0 Å². The monoisotopic (exact) mass is 201 g/mol. The molecule has 0 unspecified atom stereocenters. The Morgan fingerprint density at radius 2 is 1.93 bits per heavy atom. The minimum atomic E-state index is -0.160. The Balaban J connectivity index is 2.24. The van der Waals surface area contributed by atoms with Gasteiger partial charge in [-0.3, -0.25) is 4.79 Å². The van der Waals surface area contributed by atoms with Crippen LogP contribution in [0.5, 0.6) is 0 Å². The Labute approximate surface area is 90.2 Å². The standard InChI is InChI=1S/C13H15NO/c1-13(2)9-6-10-14(13)12(15)11-7-4-3-5-8-11/h3-9H,10H2,1-2H3. The highest BCUT2D eigenvalue weighted by Gasteiger charge is 2.31. The van der Waals surface area contributed by atoms with E-state index in [0.29, 0.717) is 6.54 Å². The fourth-order valence-corrected chi connectivity index (χ4v) is 1.85. The van der Waals surface area contributed by atoms with Crippen molar-refractivity contribution in [2.24, 2.45) is 0 Å². The molecule has 0 bridgehead atoms. The number of carbonyl (C=O) groups is 1. The van der Waals surface area contributed by atoms with Crippen LogP contribution in [0.4, 0.5) is 0 Å². The van der Waals surface area contributed by atoms with E-state index in [-0.39, 0.29) is 11.4 Å². The van der Waals surface area contributed by atoms with Gasteiger partial charge in [-0.15, -0.1) is 0 Å². The van der Waals surface area contributed by atoms with E-state index in [2.05, 4.69) is 19.9 Å². The molecule has 0 saturated carbocycles. The molecular weight excluding hydrogens is 186 g/mol. The first-order valence-corrected chi connectivity index (χ1v) is 5.16. The van der Waals surface area contributed by atoms with Crippen LogP contribution < -0.4 is 0 Å². The topological polar surface area (TPSA) is 20.3 Å². The molecule has 1 aromatic rings.